The van der Waals surface area contributed by atoms with E-state index in [0.29, 0.717) is 5.92 Å². The van der Waals surface area contributed by atoms with Crippen molar-refractivity contribution in [1.29, 1.82) is 0 Å². The number of fused-ring (bicyclic) bond motifs is 1. The molecule has 0 radical (unpaired) electrons. The standard InChI is InChI=1S/C16H24O/c1-3-13(4-2)12-16(17)11-7-9-14-8-5-6-10-15(14)16/h5-6,8,10,13,17H,3-4,7,9,11-12H2,1-2H3. The molecule has 1 heteroatoms. The molecule has 0 spiro atoms. The van der Waals surface area contributed by atoms with E-state index in [4.69, 9.17) is 0 Å². The molecule has 0 saturated heterocycles. The first-order valence-corrected chi connectivity index (χ1v) is 7.00. The van der Waals surface area contributed by atoms with Gasteiger partial charge in [0.25, 0.3) is 0 Å². The summed E-state index contributed by atoms with van der Waals surface area (Å²) in [7, 11) is 0. The Hall–Kier alpha value is -0.820. The normalized spacial score (nSPS) is 23.8. The molecular weight excluding hydrogens is 208 g/mol. The highest BCUT2D eigenvalue weighted by molar-refractivity contribution is 5.34. The second kappa shape index (κ2) is 5.22. The third-order valence-corrected chi connectivity index (χ3v) is 4.34. The molecule has 1 atom stereocenters. The van der Waals surface area contributed by atoms with Crippen LogP contribution in [0, 0.1) is 5.92 Å². The fourth-order valence-electron chi connectivity index (χ4n) is 3.17. The minimum absolute atomic E-state index is 0.564. The average Bonchev–Trinajstić information content (AvgIpc) is 2.37. The molecule has 0 saturated carbocycles. The Labute approximate surface area is 105 Å². The number of hydrogen-bond acceptors (Lipinski definition) is 1. The Morgan fingerprint density at radius 1 is 1.24 bits per heavy atom. The van der Waals surface area contributed by atoms with Crippen LogP contribution in [0.2, 0.25) is 0 Å². The topological polar surface area (TPSA) is 20.2 Å². The van der Waals surface area contributed by atoms with Gasteiger partial charge in [-0.05, 0) is 42.7 Å². The van der Waals surface area contributed by atoms with Crippen LogP contribution in [-0.2, 0) is 12.0 Å². The van der Waals surface area contributed by atoms with Crippen molar-refractivity contribution in [3.05, 3.63) is 35.4 Å². The predicted octanol–water partition coefficient (Wildman–Crippen LogP) is 4.04. The van der Waals surface area contributed by atoms with Crippen LogP contribution in [0.1, 0.15) is 57.1 Å². The van der Waals surface area contributed by atoms with Gasteiger partial charge in [0.05, 0.1) is 5.60 Å². The first kappa shape index (κ1) is 12.6. The van der Waals surface area contributed by atoms with Gasteiger partial charge in [-0.2, -0.15) is 0 Å². The summed E-state index contributed by atoms with van der Waals surface area (Å²) in [6.07, 6.45) is 6.44. The lowest BCUT2D eigenvalue weighted by Gasteiger charge is -2.37. The van der Waals surface area contributed by atoms with Crippen LogP contribution in [0.15, 0.2) is 24.3 Å². The summed E-state index contributed by atoms with van der Waals surface area (Å²) in [6, 6.07) is 8.44. The van der Waals surface area contributed by atoms with Crippen molar-refractivity contribution in [3.63, 3.8) is 0 Å². The van der Waals surface area contributed by atoms with E-state index in [0.717, 1.165) is 25.7 Å². The van der Waals surface area contributed by atoms with Gasteiger partial charge in [-0.15, -0.1) is 0 Å². The summed E-state index contributed by atoms with van der Waals surface area (Å²) in [5.41, 5.74) is 1.98. The van der Waals surface area contributed by atoms with Gasteiger partial charge >= 0.3 is 0 Å². The maximum Gasteiger partial charge on any atom is 0.0902 e. The molecule has 1 aromatic rings. The lowest BCUT2D eigenvalue weighted by Crippen LogP contribution is -2.32. The Kier molecular flexibility index (Phi) is 3.88. The highest BCUT2D eigenvalue weighted by Gasteiger charge is 2.35. The molecule has 1 N–H and O–H groups in total. The van der Waals surface area contributed by atoms with Crippen molar-refractivity contribution >= 4 is 0 Å². The molecule has 0 aromatic heterocycles. The summed E-state index contributed by atoms with van der Waals surface area (Å²) in [5.74, 6) is 0.645. The summed E-state index contributed by atoms with van der Waals surface area (Å²) in [5, 5.41) is 11.0. The highest BCUT2D eigenvalue weighted by Crippen LogP contribution is 2.40. The van der Waals surface area contributed by atoms with Gasteiger partial charge in [-0.3, -0.25) is 0 Å². The van der Waals surface area contributed by atoms with E-state index in [-0.39, 0.29) is 0 Å². The Bertz CT molecular complexity index is 368. The van der Waals surface area contributed by atoms with Crippen molar-refractivity contribution in [2.45, 2.75) is 58.0 Å². The number of rotatable bonds is 4. The summed E-state index contributed by atoms with van der Waals surface area (Å²) < 4.78 is 0. The van der Waals surface area contributed by atoms with Crippen LogP contribution in [-0.4, -0.2) is 5.11 Å². The number of hydrogen-bond donors (Lipinski definition) is 1. The highest BCUT2D eigenvalue weighted by atomic mass is 16.3. The molecule has 0 aliphatic heterocycles. The molecule has 1 aliphatic rings. The maximum absolute atomic E-state index is 11.0. The molecule has 2 rings (SSSR count). The lowest BCUT2D eigenvalue weighted by atomic mass is 9.73. The SMILES string of the molecule is CCC(CC)CC1(O)CCCc2ccccc21. The third kappa shape index (κ3) is 2.55. The van der Waals surface area contributed by atoms with Crippen LogP contribution < -0.4 is 0 Å². The molecule has 94 valence electrons. The van der Waals surface area contributed by atoms with Gasteiger partial charge < -0.3 is 5.11 Å². The first-order valence-electron chi connectivity index (χ1n) is 7.00. The smallest absolute Gasteiger partial charge is 0.0902 e. The fraction of sp³-hybridized carbons (Fsp3) is 0.625. The van der Waals surface area contributed by atoms with Gasteiger partial charge in [0.15, 0.2) is 0 Å². The summed E-state index contributed by atoms with van der Waals surface area (Å²) >= 11 is 0. The zero-order chi connectivity index (χ0) is 12.3. The van der Waals surface area contributed by atoms with Crippen molar-refractivity contribution in [2.75, 3.05) is 0 Å². The van der Waals surface area contributed by atoms with Crippen molar-refractivity contribution in [2.24, 2.45) is 5.92 Å². The minimum Gasteiger partial charge on any atom is -0.385 e. The first-order chi connectivity index (χ1) is 8.19. The second-order valence-corrected chi connectivity index (χ2v) is 5.43. The van der Waals surface area contributed by atoms with E-state index in [2.05, 4.69) is 38.1 Å². The zero-order valence-corrected chi connectivity index (χ0v) is 11.1. The predicted molar refractivity (Wildman–Crippen MR) is 72.0 cm³/mol. The molecule has 1 unspecified atom stereocenters. The number of benzene rings is 1. The Morgan fingerprint density at radius 2 is 1.94 bits per heavy atom. The van der Waals surface area contributed by atoms with E-state index < -0.39 is 5.60 Å². The monoisotopic (exact) mass is 232 g/mol. The van der Waals surface area contributed by atoms with E-state index in [1.54, 1.807) is 0 Å². The van der Waals surface area contributed by atoms with E-state index >= 15 is 0 Å². The molecule has 0 amide bonds. The quantitative estimate of drug-likeness (QED) is 0.830. The van der Waals surface area contributed by atoms with Crippen LogP contribution in [0.5, 0.6) is 0 Å². The van der Waals surface area contributed by atoms with Gasteiger partial charge in [-0.25, -0.2) is 0 Å². The van der Waals surface area contributed by atoms with Gasteiger partial charge in [-0.1, -0.05) is 51.0 Å². The number of aryl methyl sites for hydroxylation is 1. The molecule has 0 bridgehead atoms. The molecule has 0 heterocycles. The van der Waals surface area contributed by atoms with Crippen LogP contribution in [0.3, 0.4) is 0 Å². The Morgan fingerprint density at radius 3 is 2.65 bits per heavy atom. The average molecular weight is 232 g/mol. The second-order valence-electron chi connectivity index (χ2n) is 5.43. The summed E-state index contributed by atoms with van der Waals surface area (Å²) in [6.45, 7) is 4.46. The molecule has 1 aromatic carbocycles. The van der Waals surface area contributed by atoms with Gasteiger partial charge in [0, 0.05) is 0 Å². The van der Waals surface area contributed by atoms with E-state index in [1.807, 2.05) is 0 Å². The zero-order valence-electron chi connectivity index (χ0n) is 11.1. The van der Waals surface area contributed by atoms with Gasteiger partial charge in [0.1, 0.15) is 0 Å². The van der Waals surface area contributed by atoms with Crippen molar-refractivity contribution in [1.82, 2.24) is 0 Å². The summed E-state index contributed by atoms with van der Waals surface area (Å²) in [4.78, 5) is 0. The van der Waals surface area contributed by atoms with Crippen molar-refractivity contribution in [3.8, 4) is 0 Å². The lowest BCUT2D eigenvalue weighted by molar-refractivity contribution is -0.00653. The molecule has 1 nitrogen and oxygen atoms in total. The minimum atomic E-state index is -0.564. The van der Waals surface area contributed by atoms with Crippen LogP contribution >= 0.6 is 0 Å². The molecule has 1 aliphatic carbocycles. The molecule has 17 heavy (non-hydrogen) atoms. The molecular formula is C16H24O. The third-order valence-electron chi connectivity index (χ3n) is 4.34. The molecule has 0 fully saturated rings. The van der Waals surface area contributed by atoms with Crippen LogP contribution in [0.4, 0.5) is 0 Å². The van der Waals surface area contributed by atoms with Crippen molar-refractivity contribution < 1.29 is 5.11 Å². The van der Waals surface area contributed by atoms with Crippen LogP contribution in [0.25, 0.3) is 0 Å². The van der Waals surface area contributed by atoms with E-state index in [9.17, 15) is 5.11 Å². The largest absolute Gasteiger partial charge is 0.385 e. The van der Waals surface area contributed by atoms with E-state index in [1.165, 1.54) is 24.0 Å². The van der Waals surface area contributed by atoms with Gasteiger partial charge in [0.2, 0.25) is 0 Å². The number of aliphatic hydroxyl groups is 1. The fourth-order valence-corrected chi connectivity index (χ4v) is 3.17. The Balaban J connectivity index is 2.26. The maximum atomic E-state index is 11.0.